The van der Waals surface area contributed by atoms with Gasteiger partial charge in [-0.15, -0.1) is 0 Å². The van der Waals surface area contributed by atoms with Gasteiger partial charge in [-0.3, -0.25) is 14.4 Å². The monoisotopic (exact) mass is 368 g/mol. The summed E-state index contributed by atoms with van der Waals surface area (Å²) < 4.78 is 10.5. The van der Waals surface area contributed by atoms with E-state index in [0.29, 0.717) is 28.4 Å². The van der Waals surface area contributed by atoms with Crippen molar-refractivity contribution in [2.75, 3.05) is 17.4 Å². The number of carbonyl (C=O) groups is 3. The van der Waals surface area contributed by atoms with E-state index in [1.54, 1.807) is 42.5 Å². The third-order valence-corrected chi connectivity index (χ3v) is 4.29. The molecule has 0 bridgehead atoms. The minimum atomic E-state index is -1.34. The van der Waals surface area contributed by atoms with Crippen LogP contribution >= 0.6 is 0 Å². The van der Waals surface area contributed by atoms with E-state index in [1.807, 2.05) is 0 Å². The van der Waals surface area contributed by atoms with Gasteiger partial charge in [0.15, 0.2) is 17.3 Å². The molecule has 0 aromatic heterocycles. The molecule has 2 amide bonds. The van der Waals surface area contributed by atoms with Gasteiger partial charge in [-0.1, -0.05) is 12.1 Å². The van der Waals surface area contributed by atoms with Crippen molar-refractivity contribution in [3.8, 4) is 11.5 Å². The molecule has 2 aromatic carbocycles. The molecule has 2 N–H and O–H groups in total. The average molecular weight is 368 g/mol. The van der Waals surface area contributed by atoms with Crippen LogP contribution in [-0.4, -0.2) is 24.4 Å². The molecule has 3 rings (SSSR count). The van der Waals surface area contributed by atoms with E-state index in [1.165, 1.54) is 20.8 Å². The predicted octanol–water partition coefficient (Wildman–Crippen LogP) is 3.22. The van der Waals surface area contributed by atoms with Crippen molar-refractivity contribution >= 4 is 29.0 Å². The molecular weight excluding hydrogens is 348 g/mol. The highest BCUT2D eigenvalue weighted by molar-refractivity contribution is 6.14. The molecule has 1 aliphatic rings. The summed E-state index contributed by atoms with van der Waals surface area (Å²) in [6.07, 6.45) is 0. The van der Waals surface area contributed by atoms with E-state index in [0.717, 1.165) is 0 Å². The van der Waals surface area contributed by atoms with Crippen LogP contribution in [0.1, 0.15) is 31.1 Å². The number of benzene rings is 2. The number of ketones is 1. The van der Waals surface area contributed by atoms with Gasteiger partial charge in [-0.2, -0.15) is 0 Å². The average Bonchev–Trinajstić information content (AvgIpc) is 3.09. The number of rotatable bonds is 5. The Kier molecular flexibility index (Phi) is 4.85. The number of hydrogen-bond acceptors (Lipinski definition) is 5. The number of ether oxygens (including phenoxy) is 2. The second-order valence-electron chi connectivity index (χ2n) is 6.74. The lowest BCUT2D eigenvalue weighted by Gasteiger charge is -2.23. The minimum Gasteiger partial charge on any atom is -0.454 e. The van der Waals surface area contributed by atoms with Gasteiger partial charge in [0.2, 0.25) is 18.6 Å². The Morgan fingerprint density at radius 1 is 0.889 bits per heavy atom. The summed E-state index contributed by atoms with van der Waals surface area (Å²) >= 11 is 0. The Labute approximate surface area is 156 Å². The molecule has 0 aliphatic carbocycles. The van der Waals surface area contributed by atoms with Gasteiger partial charge in [0.25, 0.3) is 0 Å². The van der Waals surface area contributed by atoms with E-state index in [2.05, 4.69) is 10.6 Å². The molecule has 0 radical (unpaired) electrons. The molecule has 7 heteroatoms. The number of carbonyl (C=O) groups excluding carboxylic acids is 3. The zero-order valence-electron chi connectivity index (χ0n) is 15.3. The summed E-state index contributed by atoms with van der Waals surface area (Å²) in [6.45, 7) is 4.64. The highest BCUT2D eigenvalue weighted by atomic mass is 16.7. The largest absolute Gasteiger partial charge is 0.454 e. The van der Waals surface area contributed by atoms with Gasteiger partial charge < -0.3 is 20.1 Å². The van der Waals surface area contributed by atoms with Crippen LogP contribution in [0.4, 0.5) is 11.4 Å². The van der Waals surface area contributed by atoms with Crippen LogP contribution in [0.3, 0.4) is 0 Å². The molecule has 0 unspecified atom stereocenters. The second kappa shape index (κ2) is 7.11. The number of fused-ring (bicyclic) bond motifs is 1. The van der Waals surface area contributed by atoms with Crippen LogP contribution in [0.5, 0.6) is 11.5 Å². The maximum Gasteiger partial charge on any atom is 0.239 e. The van der Waals surface area contributed by atoms with E-state index < -0.39 is 17.2 Å². The van der Waals surface area contributed by atoms with Gasteiger partial charge >= 0.3 is 0 Å². The topological polar surface area (TPSA) is 93.7 Å². The molecular formula is C20H20N2O5. The summed E-state index contributed by atoms with van der Waals surface area (Å²) in [7, 11) is 0. The first kappa shape index (κ1) is 18.4. The Hall–Kier alpha value is -3.35. The third-order valence-electron chi connectivity index (χ3n) is 4.29. The molecule has 0 saturated heterocycles. The SMILES string of the molecule is CC(=O)c1cccc(NC(=O)C(C)(C)C(=O)Nc2ccc3c(c2)OCO3)c1. The van der Waals surface area contributed by atoms with Crippen LogP contribution in [0.15, 0.2) is 42.5 Å². The van der Waals surface area contributed by atoms with Crippen molar-refractivity contribution in [2.45, 2.75) is 20.8 Å². The standard InChI is InChI=1S/C20H20N2O5/c1-12(23)13-5-4-6-14(9-13)21-18(24)20(2,3)19(25)22-15-7-8-16-17(10-15)27-11-26-16/h4-10H,11H2,1-3H3,(H,21,24)(H,22,25). The minimum absolute atomic E-state index is 0.106. The smallest absolute Gasteiger partial charge is 0.239 e. The number of hydrogen-bond donors (Lipinski definition) is 2. The molecule has 0 atom stereocenters. The van der Waals surface area contributed by atoms with E-state index in [-0.39, 0.29) is 12.6 Å². The number of anilines is 2. The number of nitrogens with one attached hydrogen (secondary N) is 2. The molecule has 0 spiro atoms. The lowest BCUT2D eigenvalue weighted by atomic mass is 9.90. The fourth-order valence-electron chi connectivity index (χ4n) is 2.47. The first-order valence-electron chi connectivity index (χ1n) is 8.41. The van der Waals surface area contributed by atoms with Crippen LogP contribution in [0, 0.1) is 5.41 Å². The molecule has 27 heavy (non-hydrogen) atoms. The Morgan fingerprint density at radius 2 is 1.52 bits per heavy atom. The first-order valence-corrected chi connectivity index (χ1v) is 8.41. The van der Waals surface area contributed by atoms with E-state index >= 15 is 0 Å². The van der Waals surface area contributed by atoms with Crippen LogP contribution < -0.4 is 20.1 Å². The van der Waals surface area contributed by atoms with Gasteiger partial charge in [-0.25, -0.2) is 0 Å². The molecule has 1 heterocycles. The van der Waals surface area contributed by atoms with Gasteiger partial charge in [0.1, 0.15) is 5.41 Å². The molecule has 140 valence electrons. The first-order chi connectivity index (χ1) is 12.8. The fourth-order valence-corrected chi connectivity index (χ4v) is 2.47. The summed E-state index contributed by atoms with van der Waals surface area (Å²) in [4.78, 5) is 36.8. The highest BCUT2D eigenvalue weighted by Crippen LogP contribution is 2.34. The molecule has 7 nitrogen and oxygen atoms in total. The van der Waals surface area contributed by atoms with Crippen molar-refractivity contribution in [2.24, 2.45) is 5.41 Å². The fraction of sp³-hybridized carbons (Fsp3) is 0.250. The maximum absolute atomic E-state index is 12.6. The third kappa shape index (κ3) is 3.92. The predicted molar refractivity (Wildman–Crippen MR) is 100 cm³/mol. The quantitative estimate of drug-likeness (QED) is 0.624. The Morgan fingerprint density at radius 3 is 2.19 bits per heavy atom. The molecule has 0 saturated carbocycles. The lowest BCUT2D eigenvalue weighted by molar-refractivity contribution is -0.135. The normalized spacial score (nSPS) is 12.4. The summed E-state index contributed by atoms with van der Waals surface area (Å²) in [5.74, 6) is 0.0837. The van der Waals surface area contributed by atoms with Crippen molar-refractivity contribution in [1.29, 1.82) is 0 Å². The number of amides is 2. The molecule has 1 aliphatic heterocycles. The highest BCUT2D eigenvalue weighted by Gasteiger charge is 2.36. The Balaban J connectivity index is 1.70. The van der Waals surface area contributed by atoms with Gasteiger partial charge in [-0.05, 0) is 45.0 Å². The zero-order valence-corrected chi connectivity index (χ0v) is 15.3. The van der Waals surface area contributed by atoms with Gasteiger partial charge in [0, 0.05) is 23.0 Å². The lowest BCUT2D eigenvalue weighted by Crippen LogP contribution is -2.41. The maximum atomic E-state index is 12.6. The summed E-state index contributed by atoms with van der Waals surface area (Å²) in [6, 6.07) is 11.6. The van der Waals surface area contributed by atoms with Crippen molar-refractivity contribution < 1.29 is 23.9 Å². The molecule has 2 aromatic rings. The zero-order chi connectivity index (χ0) is 19.6. The summed E-state index contributed by atoms with van der Waals surface area (Å²) in [5.41, 5.74) is 0.0959. The van der Waals surface area contributed by atoms with Crippen LogP contribution in [0.25, 0.3) is 0 Å². The molecule has 0 fully saturated rings. The van der Waals surface area contributed by atoms with Crippen LogP contribution in [-0.2, 0) is 9.59 Å². The second-order valence-corrected chi connectivity index (χ2v) is 6.74. The van der Waals surface area contributed by atoms with E-state index in [9.17, 15) is 14.4 Å². The summed E-state index contributed by atoms with van der Waals surface area (Å²) in [5, 5.41) is 5.41. The van der Waals surface area contributed by atoms with Gasteiger partial charge in [0.05, 0.1) is 0 Å². The Bertz CT molecular complexity index is 920. The van der Waals surface area contributed by atoms with Crippen molar-refractivity contribution in [1.82, 2.24) is 0 Å². The van der Waals surface area contributed by atoms with E-state index in [4.69, 9.17) is 9.47 Å². The number of Topliss-reactive ketones (excluding diaryl/α,β-unsaturated/α-hetero) is 1. The van der Waals surface area contributed by atoms with Crippen molar-refractivity contribution in [3.05, 3.63) is 48.0 Å². The van der Waals surface area contributed by atoms with Crippen LogP contribution in [0.2, 0.25) is 0 Å². The van der Waals surface area contributed by atoms with Crippen molar-refractivity contribution in [3.63, 3.8) is 0 Å².